The number of rotatable bonds is 6. The molecular weight excluding hydrogens is 372 g/mol. The molecule has 0 atom stereocenters. The summed E-state index contributed by atoms with van der Waals surface area (Å²) in [5.41, 5.74) is 4.69. The van der Waals surface area contributed by atoms with Crippen LogP contribution in [0.25, 0.3) is 10.9 Å². The number of carbonyl (C=O) groups is 1. The van der Waals surface area contributed by atoms with Crippen LogP contribution in [0.4, 0.5) is 5.69 Å². The van der Waals surface area contributed by atoms with Crippen molar-refractivity contribution in [2.24, 2.45) is 7.05 Å². The van der Waals surface area contributed by atoms with Crippen LogP contribution in [0.2, 0.25) is 0 Å². The molecule has 4 nitrogen and oxygen atoms in total. The molecule has 0 radical (unpaired) electrons. The van der Waals surface area contributed by atoms with Crippen LogP contribution in [0.15, 0.2) is 79.0 Å². The Morgan fingerprint density at radius 1 is 1.00 bits per heavy atom. The van der Waals surface area contributed by atoms with Gasteiger partial charge in [-0.25, -0.2) is 0 Å². The lowest BCUT2D eigenvalue weighted by atomic mass is 9.99. The van der Waals surface area contributed by atoms with Gasteiger partial charge in [-0.05, 0) is 59.5 Å². The number of aromatic nitrogens is 1. The van der Waals surface area contributed by atoms with Crippen molar-refractivity contribution in [1.29, 1.82) is 0 Å². The topological polar surface area (TPSA) is 43.3 Å². The maximum atomic E-state index is 12.9. The van der Waals surface area contributed by atoms with E-state index in [2.05, 4.69) is 23.7 Å². The molecule has 0 aliphatic heterocycles. The predicted molar refractivity (Wildman–Crippen MR) is 122 cm³/mol. The van der Waals surface area contributed by atoms with Gasteiger partial charge in [-0.15, -0.1) is 0 Å². The van der Waals surface area contributed by atoms with Gasteiger partial charge >= 0.3 is 0 Å². The van der Waals surface area contributed by atoms with E-state index in [0.29, 0.717) is 12.2 Å². The number of benzene rings is 3. The van der Waals surface area contributed by atoms with Gasteiger partial charge in [0.1, 0.15) is 12.4 Å². The van der Waals surface area contributed by atoms with Crippen molar-refractivity contribution in [2.75, 3.05) is 5.32 Å². The molecule has 0 bridgehead atoms. The Morgan fingerprint density at radius 2 is 1.80 bits per heavy atom. The summed E-state index contributed by atoms with van der Waals surface area (Å²) in [5, 5.41) is 4.11. The fraction of sp³-hybridized carbons (Fsp3) is 0.192. The molecule has 0 aliphatic carbocycles. The van der Waals surface area contributed by atoms with Gasteiger partial charge in [0, 0.05) is 35.4 Å². The second kappa shape index (κ2) is 8.46. The molecule has 30 heavy (non-hydrogen) atoms. The molecule has 0 saturated heterocycles. The number of ether oxygens (including phenoxy) is 1. The van der Waals surface area contributed by atoms with Crippen molar-refractivity contribution in [2.45, 2.75) is 26.4 Å². The Kier molecular flexibility index (Phi) is 5.57. The fourth-order valence-corrected chi connectivity index (χ4v) is 3.57. The second-order valence-electron chi connectivity index (χ2n) is 7.84. The number of fused-ring (bicyclic) bond motifs is 1. The van der Waals surface area contributed by atoms with Gasteiger partial charge in [0.05, 0.1) is 0 Å². The normalized spacial score (nSPS) is 11.1. The molecule has 0 spiro atoms. The molecule has 4 aromatic rings. The van der Waals surface area contributed by atoms with Gasteiger partial charge in [0.2, 0.25) is 0 Å². The molecule has 3 aromatic carbocycles. The third kappa shape index (κ3) is 4.23. The van der Waals surface area contributed by atoms with Crippen LogP contribution in [-0.2, 0) is 13.7 Å². The van der Waals surface area contributed by atoms with Crippen LogP contribution in [0.3, 0.4) is 0 Å². The van der Waals surface area contributed by atoms with E-state index in [1.165, 1.54) is 0 Å². The highest BCUT2D eigenvalue weighted by molar-refractivity contribution is 6.05. The Balaban J connectivity index is 1.52. The van der Waals surface area contributed by atoms with Crippen LogP contribution in [-0.4, -0.2) is 10.5 Å². The standard InChI is InChI=1S/C26H26N2O2/c1-18(2)23-16-21(9-12-25(23)30-17-19-7-5-4-6-8-19)26(29)27-22-10-11-24-20(15-22)13-14-28(24)3/h4-16,18H,17H2,1-3H3,(H,27,29). The SMILES string of the molecule is CC(C)c1cc(C(=O)Nc2ccc3c(ccn3C)c2)ccc1OCc1ccccc1. The minimum absolute atomic E-state index is 0.123. The summed E-state index contributed by atoms with van der Waals surface area (Å²) in [5.74, 6) is 0.932. The summed E-state index contributed by atoms with van der Waals surface area (Å²) >= 11 is 0. The van der Waals surface area contributed by atoms with E-state index in [4.69, 9.17) is 4.74 Å². The lowest BCUT2D eigenvalue weighted by Crippen LogP contribution is -2.13. The fourth-order valence-electron chi connectivity index (χ4n) is 3.57. The molecule has 4 heteroatoms. The molecule has 0 aliphatic rings. The monoisotopic (exact) mass is 398 g/mol. The summed E-state index contributed by atoms with van der Waals surface area (Å²) in [7, 11) is 2.01. The molecule has 1 heterocycles. The van der Waals surface area contributed by atoms with Gasteiger partial charge in [0.25, 0.3) is 5.91 Å². The average Bonchev–Trinajstić information content (AvgIpc) is 3.13. The van der Waals surface area contributed by atoms with E-state index in [-0.39, 0.29) is 11.8 Å². The van der Waals surface area contributed by atoms with Crippen molar-refractivity contribution >= 4 is 22.5 Å². The van der Waals surface area contributed by atoms with E-state index in [1.807, 2.05) is 86.0 Å². The third-order valence-corrected chi connectivity index (χ3v) is 5.27. The molecule has 0 saturated carbocycles. The smallest absolute Gasteiger partial charge is 0.255 e. The molecule has 1 N–H and O–H groups in total. The first-order chi connectivity index (χ1) is 14.5. The Labute approximate surface area is 177 Å². The molecule has 1 aromatic heterocycles. The summed E-state index contributed by atoms with van der Waals surface area (Å²) in [6, 6.07) is 23.7. The van der Waals surface area contributed by atoms with E-state index in [1.54, 1.807) is 0 Å². The van der Waals surface area contributed by atoms with Gasteiger partial charge < -0.3 is 14.6 Å². The number of nitrogens with one attached hydrogen (secondary N) is 1. The summed E-state index contributed by atoms with van der Waals surface area (Å²) in [6.07, 6.45) is 2.01. The zero-order valence-electron chi connectivity index (χ0n) is 17.6. The number of hydrogen-bond donors (Lipinski definition) is 1. The number of hydrogen-bond acceptors (Lipinski definition) is 2. The Morgan fingerprint density at radius 3 is 2.57 bits per heavy atom. The highest BCUT2D eigenvalue weighted by Gasteiger charge is 2.14. The number of aryl methyl sites for hydroxylation is 1. The van der Waals surface area contributed by atoms with Crippen LogP contribution in [0.5, 0.6) is 5.75 Å². The van der Waals surface area contributed by atoms with Crippen molar-refractivity contribution in [3.8, 4) is 5.75 Å². The Bertz CT molecular complexity index is 1180. The summed E-state index contributed by atoms with van der Waals surface area (Å²) in [4.78, 5) is 12.9. The van der Waals surface area contributed by atoms with Crippen LogP contribution in [0.1, 0.15) is 41.3 Å². The highest BCUT2D eigenvalue weighted by atomic mass is 16.5. The van der Waals surface area contributed by atoms with E-state index in [0.717, 1.165) is 33.5 Å². The molecule has 0 fully saturated rings. The predicted octanol–water partition coefficient (Wildman–Crippen LogP) is 6.13. The molecular formula is C26H26N2O2. The quantitative estimate of drug-likeness (QED) is 0.424. The van der Waals surface area contributed by atoms with Crippen LogP contribution < -0.4 is 10.1 Å². The van der Waals surface area contributed by atoms with Gasteiger partial charge in [-0.2, -0.15) is 0 Å². The summed E-state index contributed by atoms with van der Waals surface area (Å²) in [6.45, 7) is 4.72. The van der Waals surface area contributed by atoms with Crippen LogP contribution in [0, 0.1) is 0 Å². The highest BCUT2D eigenvalue weighted by Crippen LogP contribution is 2.29. The largest absolute Gasteiger partial charge is 0.489 e. The zero-order chi connectivity index (χ0) is 21.1. The third-order valence-electron chi connectivity index (χ3n) is 5.27. The number of anilines is 1. The molecule has 1 amide bonds. The van der Waals surface area contributed by atoms with Crippen molar-refractivity contribution < 1.29 is 9.53 Å². The number of carbonyl (C=O) groups excluding carboxylic acids is 1. The second-order valence-corrected chi connectivity index (χ2v) is 7.84. The maximum Gasteiger partial charge on any atom is 0.255 e. The lowest BCUT2D eigenvalue weighted by Gasteiger charge is -2.16. The van der Waals surface area contributed by atoms with E-state index < -0.39 is 0 Å². The lowest BCUT2D eigenvalue weighted by molar-refractivity contribution is 0.102. The number of nitrogens with zero attached hydrogens (tertiary/aromatic N) is 1. The van der Waals surface area contributed by atoms with Gasteiger partial charge in [-0.3, -0.25) is 4.79 Å². The molecule has 152 valence electrons. The van der Waals surface area contributed by atoms with Crippen LogP contribution >= 0.6 is 0 Å². The van der Waals surface area contributed by atoms with Gasteiger partial charge in [-0.1, -0.05) is 44.2 Å². The average molecular weight is 399 g/mol. The summed E-state index contributed by atoms with van der Waals surface area (Å²) < 4.78 is 8.11. The van der Waals surface area contributed by atoms with E-state index in [9.17, 15) is 4.79 Å². The number of amides is 1. The maximum absolute atomic E-state index is 12.9. The first-order valence-electron chi connectivity index (χ1n) is 10.2. The first-order valence-corrected chi connectivity index (χ1v) is 10.2. The molecule has 4 rings (SSSR count). The first kappa shape index (κ1) is 19.8. The van der Waals surface area contributed by atoms with E-state index >= 15 is 0 Å². The van der Waals surface area contributed by atoms with Gasteiger partial charge in [0.15, 0.2) is 0 Å². The minimum atomic E-state index is -0.123. The molecule has 0 unspecified atom stereocenters. The Hall–Kier alpha value is -3.53. The van der Waals surface area contributed by atoms with Crippen molar-refractivity contribution in [3.63, 3.8) is 0 Å². The minimum Gasteiger partial charge on any atom is -0.489 e. The zero-order valence-corrected chi connectivity index (χ0v) is 17.6. The van der Waals surface area contributed by atoms with Crippen molar-refractivity contribution in [1.82, 2.24) is 4.57 Å². The van der Waals surface area contributed by atoms with Crippen molar-refractivity contribution in [3.05, 3.63) is 95.7 Å².